The molecule has 1 aliphatic heterocycles. The molecule has 0 radical (unpaired) electrons. The lowest BCUT2D eigenvalue weighted by atomic mass is 9.94. The Labute approximate surface area is 132 Å². The summed E-state index contributed by atoms with van der Waals surface area (Å²) < 4.78 is 0. The molecule has 1 aromatic rings. The van der Waals surface area contributed by atoms with Gasteiger partial charge in [-0.3, -0.25) is 4.79 Å². The number of hydrogen-bond acceptors (Lipinski definition) is 3. The van der Waals surface area contributed by atoms with Crippen LogP contribution in [0.4, 0.5) is 0 Å². The number of thiophene rings is 1. The van der Waals surface area contributed by atoms with Crippen LogP contribution in [0.5, 0.6) is 0 Å². The molecule has 0 bridgehead atoms. The Kier molecular flexibility index (Phi) is 4.22. The number of amides is 1. The Morgan fingerprint density at radius 1 is 1.43 bits per heavy atom. The Balaban J connectivity index is 1.64. The fraction of sp³-hybridized carbons (Fsp3) is 0.600. The lowest BCUT2D eigenvalue weighted by molar-refractivity contribution is -0.149. The number of aliphatic carboxylic acids is 1. The standard InChI is InChI=1S/C15H18ClNO3S/c16-10-6-11(21-8-10)4-5-13(18)17-7-9-2-1-3-12(9)14(17)15(19)20/h6,8-9,12,14H,1-5,7H2,(H,19,20). The third-order valence-corrected chi connectivity index (χ3v) is 6.01. The van der Waals surface area contributed by atoms with Gasteiger partial charge in [0.2, 0.25) is 5.91 Å². The zero-order chi connectivity index (χ0) is 15.0. The molecule has 2 aliphatic rings. The summed E-state index contributed by atoms with van der Waals surface area (Å²) in [5.74, 6) is -0.355. The van der Waals surface area contributed by atoms with Gasteiger partial charge in [-0.1, -0.05) is 18.0 Å². The minimum absolute atomic E-state index is 0.0404. The van der Waals surface area contributed by atoms with Gasteiger partial charge in [0.25, 0.3) is 0 Å². The highest BCUT2D eigenvalue weighted by molar-refractivity contribution is 7.10. The third-order valence-electron chi connectivity index (χ3n) is 4.67. The van der Waals surface area contributed by atoms with Crippen molar-refractivity contribution in [1.82, 2.24) is 4.90 Å². The van der Waals surface area contributed by atoms with Gasteiger partial charge in [0.15, 0.2) is 0 Å². The fourth-order valence-corrected chi connectivity index (χ4v) is 4.81. The van der Waals surface area contributed by atoms with Crippen LogP contribution in [0, 0.1) is 11.8 Å². The molecule has 1 aliphatic carbocycles. The van der Waals surface area contributed by atoms with Crippen molar-refractivity contribution in [3.8, 4) is 0 Å². The molecule has 0 aromatic carbocycles. The Morgan fingerprint density at radius 3 is 2.90 bits per heavy atom. The van der Waals surface area contributed by atoms with Crippen LogP contribution in [0.3, 0.4) is 0 Å². The number of aryl methyl sites for hydroxylation is 1. The first-order chi connectivity index (χ1) is 10.1. The maximum Gasteiger partial charge on any atom is 0.326 e. The van der Waals surface area contributed by atoms with Crippen LogP contribution >= 0.6 is 22.9 Å². The highest BCUT2D eigenvalue weighted by atomic mass is 35.5. The predicted molar refractivity (Wildman–Crippen MR) is 81.6 cm³/mol. The highest BCUT2D eigenvalue weighted by Crippen LogP contribution is 2.42. The van der Waals surface area contributed by atoms with Crippen LogP contribution in [0.25, 0.3) is 0 Å². The van der Waals surface area contributed by atoms with Gasteiger partial charge in [-0.2, -0.15) is 0 Å². The van der Waals surface area contributed by atoms with Crippen LogP contribution < -0.4 is 0 Å². The van der Waals surface area contributed by atoms with E-state index < -0.39 is 12.0 Å². The number of carboxylic acids is 1. The molecular weight excluding hydrogens is 310 g/mol. The van der Waals surface area contributed by atoms with E-state index in [1.165, 1.54) is 11.3 Å². The summed E-state index contributed by atoms with van der Waals surface area (Å²) in [6.45, 7) is 0.617. The number of carboxylic acid groups (broad SMARTS) is 1. The molecule has 114 valence electrons. The highest BCUT2D eigenvalue weighted by Gasteiger charge is 2.49. The summed E-state index contributed by atoms with van der Waals surface area (Å²) in [6, 6.07) is 1.25. The summed E-state index contributed by atoms with van der Waals surface area (Å²) in [5.41, 5.74) is 0. The molecule has 3 atom stereocenters. The zero-order valence-electron chi connectivity index (χ0n) is 11.6. The normalized spacial score (nSPS) is 27.9. The Morgan fingerprint density at radius 2 is 2.24 bits per heavy atom. The molecule has 21 heavy (non-hydrogen) atoms. The predicted octanol–water partition coefficient (Wildman–Crippen LogP) is 3.05. The second-order valence-electron chi connectivity index (χ2n) is 5.92. The van der Waals surface area contributed by atoms with Gasteiger partial charge in [0.05, 0.1) is 5.02 Å². The maximum absolute atomic E-state index is 12.4. The lowest BCUT2D eigenvalue weighted by Crippen LogP contribution is -2.43. The lowest BCUT2D eigenvalue weighted by Gasteiger charge is -2.24. The molecule has 1 saturated carbocycles. The number of nitrogens with zero attached hydrogens (tertiary/aromatic N) is 1. The van der Waals surface area contributed by atoms with Crippen molar-refractivity contribution in [2.75, 3.05) is 6.54 Å². The Hall–Kier alpha value is -1.07. The van der Waals surface area contributed by atoms with Crippen molar-refractivity contribution >= 4 is 34.8 Å². The van der Waals surface area contributed by atoms with Crippen molar-refractivity contribution in [2.45, 2.75) is 38.1 Å². The smallest absolute Gasteiger partial charge is 0.326 e. The van der Waals surface area contributed by atoms with Crippen molar-refractivity contribution < 1.29 is 14.7 Å². The van der Waals surface area contributed by atoms with E-state index >= 15 is 0 Å². The van der Waals surface area contributed by atoms with E-state index in [0.29, 0.717) is 30.3 Å². The minimum Gasteiger partial charge on any atom is -0.480 e. The van der Waals surface area contributed by atoms with E-state index in [-0.39, 0.29) is 11.8 Å². The van der Waals surface area contributed by atoms with Crippen molar-refractivity contribution in [3.63, 3.8) is 0 Å². The number of fused-ring (bicyclic) bond motifs is 1. The molecule has 3 rings (SSSR count). The molecule has 1 aromatic heterocycles. The van der Waals surface area contributed by atoms with E-state index in [1.807, 2.05) is 11.4 Å². The molecule has 1 N–H and O–H groups in total. The van der Waals surface area contributed by atoms with Gasteiger partial charge in [-0.25, -0.2) is 4.79 Å². The number of carbonyl (C=O) groups excluding carboxylic acids is 1. The van der Waals surface area contributed by atoms with Crippen molar-refractivity contribution in [1.29, 1.82) is 0 Å². The molecule has 4 nitrogen and oxygen atoms in total. The fourth-order valence-electron chi connectivity index (χ4n) is 3.74. The zero-order valence-corrected chi connectivity index (χ0v) is 13.2. The molecule has 3 unspecified atom stereocenters. The quantitative estimate of drug-likeness (QED) is 0.924. The van der Waals surface area contributed by atoms with E-state index in [1.54, 1.807) is 4.90 Å². The molecule has 2 heterocycles. The molecule has 2 fully saturated rings. The maximum atomic E-state index is 12.4. The monoisotopic (exact) mass is 327 g/mol. The molecular formula is C15H18ClNO3S. The summed E-state index contributed by atoms with van der Waals surface area (Å²) in [5, 5.41) is 12.0. The van der Waals surface area contributed by atoms with Crippen LogP contribution in [0.1, 0.15) is 30.6 Å². The van der Waals surface area contributed by atoms with Gasteiger partial charge < -0.3 is 10.0 Å². The molecule has 1 amide bonds. The minimum atomic E-state index is -0.850. The van der Waals surface area contributed by atoms with Gasteiger partial charge in [0, 0.05) is 23.2 Å². The second-order valence-corrected chi connectivity index (χ2v) is 7.35. The Bertz CT molecular complexity index is 559. The van der Waals surface area contributed by atoms with Crippen LogP contribution in [0.15, 0.2) is 11.4 Å². The average Bonchev–Trinajstić information content (AvgIpc) is 3.09. The largest absolute Gasteiger partial charge is 0.480 e. The van der Waals surface area contributed by atoms with Crippen molar-refractivity contribution in [3.05, 3.63) is 21.3 Å². The van der Waals surface area contributed by atoms with Crippen LogP contribution in [-0.4, -0.2) is 34.5 Å². The SMILES string of the molecule is O=C(O)C1C2CCCC2CN1C(=O)CCc1cc(Cl)cs1. The second kappa shape index (κ2) is 5.97. The first-order valence-electron chi connectivity index (χ1n) is 7.31. The number of likely N-dealkylation sites (tertiary alicyclic amines) is 1. The van der Waals surface area contributed by atoms with Gasteiger partial charge >= 0.3 is 5.97 Å². The number of hydrogen-bond donors (Lipinski definition) is 1. The number of carbonyl (C=O) groups is 2. The van der Waals surface area contributed by atoms with Gasteiger partial charge in [0.1, 0.15) is 6.04 Å². The first-order valence-corrected chi connectivity index (χ1v) is 8.57. The molecule has 1 saturated heterocycles. The summed E-state index contributed by atoms with van der Waals surface area (Å²) in [4.78, 5) is 26.6. The molecule has 0 spiro atoms. The number of halogens is 1. The summed E-state index contributed by atoms with van der Waals surface area (Å²) in [7, 11) is 0. The van der Waals surface area contributed by atoms with Crippen LogP contribution in [0.2, 0.25) is 5.02 Å². The van der Waals surface area contributed by atoms with E-state index in [2.05, 4.69) is 0 Å². The third kappa shape index (κ3) is 2.94. The average molecular weight is 328 g/mol. The number of rotatable bonds is 4. The van der Waals surface area contributed by atoms with E-state index in [4.69, 9.17) is 11.6 Å². The van der Waals surface area contributed by atoms with Crippen LogP contribution in [-0.2, 0) is 16.0 Å². The topological polar surface area (TPSA) is 57.6 Å². The molecule has 6 heteroatoms. The van der Waals surface area contributed by atoms with E-state index in [0.717, 1.165) is 24.1 Å². The summed E-state index contributed by atoms with van der Waals surface area (Å²) in [6.07, 6.45) is 4.08. The summed E-state index contributed by atoms with van der Waals surface area (Å²) >= 11 is 7.41. The van der Waals surface area contributed by atoms with E-state index in [9.17, 15) is 14.7 Å². The van der Waals surface area contributed by atoms with Gasteiger partial charge in [-0.05, 0) is 37.2 Å². The van der Waals surface area contributed by atoms with Crippen molar-refractivity contribution in [2.24, 2.45) is 11.8 Å². The first kappa shape index (κ1) is 14.9. The van der Waals surface area contributed by atoms with Gasteiger partial charge in [-0.15, -0.1) is 11.3 Å².